The summed E-state index contributed by atoms with van der Waals surface area (Å²) in [5, 5.41) is 4.11. The molecule has 0 spiro atoms. The zero-order chi connectivity index (χ0) is 14.9. The van der Waals surface area contributed by atoms with Crippen molar-refractivity contribution in [3.8, 4) is 0 Å². The third-order valence-corrected chi connectivity index (χ3v) is 4.33. The van der Waals surface area contributed by atoms with E-state index in [0.29, 0.717) is 0 Å². The van der Waals surface area contributed by atoms with Crippen LogP contribution < -0.4 is 10.5 Å². The van der Waals surface area contributed by atoms with Gasteiger partial charge in [0.2, 0.25) is 10.0 Å². The van der Waals surface area contributed by atoms with Gasteiger partial charge >= 0.3 is 0 Å². The van der Waals surface area contributed by atoms with Gasteiger partial charge in [0.25, 0.3) is 0 Å². The maximum absolute atomic E-state index is 13.3. The number of nitrogens with two attached hydrogens (primary N) is 1. The topological polar surface area (TPSA) is 90.0 Å². The highest BCUT2D eigenvalue weighted by Gasteiger charge is 2.19. The summed E-state index contributed by atoms with van der Waals surface area (Å²) < 4.78 is 41.5. The first-order valence-corrected chi connectivity index (χ1v) is 7.32. The average molecular weight is 298 g/mol. The normalized spacial score (nSPS) is 11.8. The van der Waals surface area contributed by atoms with Crippen LogP contribution in [0.5, 0.6) is 0 Å². The van der Waals surface area contributed by atoms with Crippen LogP contribution in [0.15, 0.2) is 29.3 Å². The van der Waals surface area contributed by atoms with Gasteiger partial charge in [0.1, 0.15) is 10.7 Å². The average Bonchev–Trinajstić information content (AvgIpc) is 2.69. The first-order valence-electron chi connectivity index (χ1n) is 5.84. The Morgan fingerprint density at radius 2 is 2.15 bits per heavy atom. The second-order valence-electron chi connectivity index (χ2n) is 4.39. The molecule has 2 aromatic rings. The predicted octanol–water partition coefficient (Wildman–Crippen LogP) is 0.928. The smallest absolute Gasteiger partial charge is 0.243 e. The summed E-state index contributed by atoms with van der Waals surface area (Å²) in [6, 6.07) is 3.67. The van der Waals surface area contributed by atoms with E-state index in [2.05, 4.69) is 9.82 Å². The fraction of sp³-hybridized carbons (Fsp3) is 0.250. The summed E-state index contributed by atoms with van der Waals surface area (Å²) in [6.07, 6.45) is 1.72. The number of nitrogen functional groups attached to an aromatic ring is 1. The highest BCUT2D eigenvalue weighted by molar-refractivity contribution is 7.89. The van der Waals surface area contributed by atoms with Crippen molar-refractivity contribution in [2.24, 2.45) is 7.05 Å². The van der Waals surface area contributed by atoms with Crippen LogP contribution >= 0.6 is 0 Å². The quantitative estimate of drug-likeness (QED) is 0.822. The van der Waals surface area contributed by atoms with Crippen molar-refractivity contribution in [1.82, 2.24) is 14.5 Å². The minimum atomic E-state index is -3.87. The van der Waals surface area contributed by atoms with Gasteiger partial charge in [0, 0.05) is 25.4 Å². The van der Waals surface area contributed by atoms with Gasteiger partial charge in [0.15, 0.2) is 0 Å². The lowest BCUT2D eigenvalue weighted by Gasteiger charge is -2.09. The maximum atomic E-state index is 13.3. The fourth-order valence-electron chi connectivity index (χ4n) is 1.82. The second-order valence-corrected chi connectivity index (χ2v) is 6.12. The number of benzene rings is 1. The molecule has 20 heavy (non-hydrogen) atoms. The summed E-state index contributed by atoms with van der Waals surface area (Å²) >= 11 is 0. The van der Waals surface area contributed by atoms with Crippen molar-refractivity contribution in [2.45, 2.75) is 18.4 Å². The molecule has 0 atom stereocenters. The maximum Gasteiger partial charge on any atom is 0.243 e. The molecule has 8 heteroatoms. The number of aryl methyl sites for hydroxylation is 2. The molecule has 0 fully saturated rings. The second kappa shape index (κ2) is 5.22. The Kier molecular flexibility index (Phi) is 3.78. The SMILES string of the molecule is Cc1nn(C)cc1CNS(=O)(=O)c1cccc(F)c1N. The van der Waals surface area contributed by atoms with Gasteiger partial charge in [0.05, 0.1) is 11.4 Å². The first kappa shape index (κ1) is 14.5. The summed E-state index contributed by atoms with van der Waals surface area (Å²) in [6.45, 7) is 1.85. The van der Waals surface area contributed by atoms with E-state index in [1.54, 1.807) is 24.9 Å². The zero-order valence-corrected chi connectivity index (χ0v) is 11.9. The molecule has 1 aromatic carbocycles. The number of nitrogens with one attached hydrogen (secondary N) is 1. The molecule has 108 valence electrons. The number of halogens is 1. The van der Waals surface area contributed by atoms with Gasteiger partial charge < -0.3 is 5.73 Å². The lowest BCUT2D eigenvalue weighted by Crippen LogP contribution is -2.24. The molecule has 0 unspecified atom stereocenters. The van der Waals surface area contributed by atoms with Crippen LogP contribution in [-0.2, 0) is 23.6 Å². The third-order valence-electron chi connectivity index (χ3n) is 2.87. The molecule has 0 bridgehead atoms. The van der Waals surface area contributed by atoms with E-state index in [9.17, 15) is 12.8 Å². The largest absolute Gasteiger partial charge is 0.395 e. The number of nitrogens with zero attached hydrogens (tertiary/aromatic N) is 2. The van der Waals surface area contributed by atoms with Gasteiger partial charge in [-0.3, -0.25) is 4.68 Å². The van der Waals surface area contributed by atoms with E-state index >= 15 is 0 Å². The Bertz CT molecular complexity index is 740. The standard InChI is InChI=1S/C12H15FN4O2S/c1-8-9(7-17(2)16-8)6-15-20(18,19)11-5-3-4-10(13)12(11)14/h3-5,7,15H,6,14H2,1-2H3. The van der Waals surface area contributed by atoms with Crippen molar-refractivity contribution in [2.75, 3.05) is 5.73 Å². The molecular formula is C12H15FN4O2S. The van der Waals surface area contributed by atoms with Crippen molar-refractivity contribution < 1.29 is 12.8 Å². The predicted molar refractivity (Wildman–Crippen MR) is 72.8 cm³/mol. The highest BCUT2D eigenvalue weighted by Crippen LogP contribution is 2.21. The van der Waals surface area contributed by atoms with Crippen LogP contribution in [0.4, 0.5) is 10.1 Å². The number of rotatable bonds is 4. The lowest BCUT2D eigenvalue weighted by atomic mass is 10.3. The summed E-state index contributed by atoms with van der Waals surface area (Å²) in [7, 11) is -2.13. The summed E-state index contributed by atoms with van der Waals surface area (Å²) in [4.78, 5) is -0.265. The molecule has 0 saturated heterocycles. The summed E-state index contributed by atoms with van der Waals surface area (Å²) in [5.74, 6) is -0.759. The Hall–Kier alpha value is -1.93. The molecule has 6 nitrogen and oxygen atoms in total. The van der Waals surface area contributed by atoms with E-state index in [-0.39, 0.29) is 17.1 Å². The van der Waals surface area contributed by atoms with Crippen molar-refractivity contribution in [1.29, 1.82) is 0 Å². The van der Waals surface area contributed by atoms with Crippen LogP contribution in [0.25, 0.3) is 0 Å². The van der Waals surface area contributed by atoms with Crippen molar-refractivity contribution in [3.05, 3.63) is 41.5 Å². The Morgan fingerprint density at radius 1 is 1.45 bits per heavy atom. The van der Waals surface area contributed by atoms with Crippen LogP contribution in [0, 0.1) is 12.7 Å². The van der Waals surface area contributed by atoms with Gasteiger partial charge in [-0.25, -0.2) is 17.5 Å². The molecule has 1 aromatic heterocycles. The van der Waals surface area contributed by atoms with Crippen LogP contribution in [0.1, 0.15) is 11.3 Å². The van der Waals surface area contributed by atoms with Crippen molar-refractivity contribution in [3.63, 3.8) is 0 Å². The number of sulfonamides is 1. The van der Waals surface area contributed by atoms with E-state index in [1.165, 1.54) is 12.1 Å². The molecule has 0 aliphatic heterocycles. The van der Waals surface area contributed by atoms with Crippen LogP contribution in [-0.4, -0.2) is 18.2 Å². The molecule has 2 rings (SSSR count). The number of para-hydroxylation sites is 1. The van der Waals surface area contributed by atoms with Crippen molar-refractivity contribution >= 4 is 15.7 Å². The molecule has 0 aliphatic rings. The molecule has 0 radical (unpaired) electrons. The Labute approximate surface area is 116 Å². The van der Waals surface area contributed by atoms with E-state index in [4.69, 9.17) is 5.73 Å². The van der Waals surface area contributed by atoms with Gasteiger partial charge in [-0.2, -0.15) is 5.10 Å². The number of hydrogen-bond acceptors (Lipinski definition) is 4. The molecule has 1 heterocycles. The van der Waals surface area contributed by atoms with E-state index < -0.39 is 15.8 Å². The monoisotopic (exact) mass is 298 g/mol. The van der Waals surface area contributed by atoms with Gasteiger partial charge in [-0.15, -0.1) is 0 Å². The minimum Gasteiger partial charge on any atom is -0.395 e. The molecule has 0 saturated carbocycles. The van der Waals surface area contributed by atoms with Gasteiger partial charge in [-0.05, 0) is 19.1 Å². The lowest BCUT2D eigenvalue weighted by molar-refractivity contribution is 0.578. The zero-order valence-electron chi connectivity index (χ0n) is 11.1. The molecular weight excluding hydrogens is 283 g/mol. The highest BCUT2D eigenvalue weighted by atomic mass is 32.2. The van der Waals surface area contributed by atoms with E-state index in [0.717, 1.165) is 17.3 Å². The number of hydrogen-bond donors (Lipinski definition) is 2. The first-order chi connectivity index (χ1) is 9.31. The fourth-order valence-corrected chi connectivity index (χ4v) is 2.97. The molecule has 0 aliphatic carbocycles. The number of anilines is 1. The molecule has 3 N–H and O–H groups in total. The minimum absolute atomic E-state index is 0.0674. The Morgan fingerprint density at radius 3 is 2.75 bits per heavy atom. The number of aromatic nitrogens is 2. The van der Waals surface area contributed by atoms with Crippen LogP contribution in [0.2, 0.25) is 0 Å². The van der Waals surface area contributed by atoms with Crippen LogP contribution in [0.3, 0.4) is 0 Å². The summed E-state index contributed by atoms with van der Waals surface area (Å²) in [5.41, 5.74) is 6.54. The van der Waals surface area contributed by atoms with Gasteiger partial charge in [-0.1, -0.05) is 6.07 Å². The third kappa shape index (κ3) is 2.81. The molecule has 0 amide bonds. The van der Waals surface area contributed by atoms with E-state index in [1.807, 2.05) is 0 Å². The Balaban J connectivity index is 2.24.